The Morgan fingerprint density at radius 3 is 2.61 bits per heavy atom. The van der Waals surface area contributed by atoms with Crippen LogP contribution in [-0.4, -0.2) is 25.1 Å². The Bertz CT molecular complexity index is 456. The second-order valence-electron chi connectivity index (χ2n) is 4.01. The van der Waals surface area contributed by atoms with Crippen molar-refractivity contribution in [1.29, 1.82) is 0 Å². The van der Waals surface area contributed by atoms with Crippen molar-refractivity contribution in [2.75, 3.05) is 25.1 Å². The van der Waals surface area contributed by atoms with Gasteiger partial charge in [0.25, 0.3) is 5.69 Å². The van der Waals surface area contributed by atoms with Gasteiger partial charge in [-0.05, 0) is 18.2 Å². The number of nitro benzene ring substituents is 1. The number of anilines is 1. The van der Waals surface area contributed by atoms with E-state index in [2.05, 4.69) is 16.5 Å². The van der Waals surface area contributed by atoms with Crippen LogP contribution in [0.25, 0.3) is 0 Å². The van der Waals surface area contributed by atoms with Crippen molar-refractivity contribution in [3.63, 3.8) is 0 Å². The number of hydrogen-bond donors (Lipinski definition) is 1. The Labute approximate surface area is 105 Å². The van der Waals surface area contributed by atoms with Crippen LogP contribution in [-0.2, 0) is 4.84 Å². The first kappa shape index (κ1) is 12.4. The molecule has 0 unspecified atom stereocenters. The quantitative estimate of drug-likeness (QED) is 0.651. The van der Waals surface area contributed by atoms with Crippen LogP contribution in [0.5, 0.6) is 0 Å². The molecule has 0 spiro atoms. The molecule has 1 aliphatic rings. The van der Waals surface area contributed by atoms with Gasteiger partial charge in [0.1, 0.15) is 0 Å². The van der Waals surface area contributed by atoms with E-state index >= 15 is 0 Å². The molecule has 1 aliphatic heterocycles. The van der Waals surface area contributed by atoms with Crippen molar-refractivity contribution in [2.45, 2.75) is 6.42 Å². The van der Waals surface area contributed by atoms with Crippen LogP contribution < -0.4 is 10.4 Å². The molecule has 6 heteroatoms. The van der Waals surface area contributed by atoms with Gasteiger partial charge in [0.15, 0.2) is 0 Å². The highest BCUT2D eigenvalue weighted by atomic mass is 16.6. The van der Waals surface area contributed by atoms with Crippen LogP contribution >= 0.6 is 0 Å². The Kier molecular flexibility index (Phi) is 3.78. The summed E-state index contributed by atoms with van der Waals surface area (Å²) in [7, 11) is 1.59. The Balaban J connectivity index is 2.03. The maximum Gasteiger partial charge on any atom is 0.269 e. The molecule has 0 saturated heterocycles. The van der Waals surface area contributed by atoms with E-state index in [-0.39, 0.29) is 10.6 Å². The fourth-order valence-electron chi connectivity index (χ4n) is 1.91. The second-order valence-corrected chi connectivity index (χ2v) is 4.01. The highest BCUT2D eigenvalue weighted by molar-refractivity contribution is 5.52. The van der Waals surface area contributed by atoms with Crippen LogP contribution in [0, 0.1) is 10.1 Å². The Hall–Kier alpha value is -2.08. The summed E-state index contributed by atoms with van der Waals surface area (Å²) in [5.41, 5.74) is 5.00. The second kappa shape index (κ2) is 5.50. The van der Waals surface area contributed by atoms with Crippen LogP contribution in [0.1, 0.15) is 6.42 Å². The molecule has 2 rings (SSSR count). The molecule has 1 aromatic rings. The lowest BCUT2D eigenvalue weighted by Gasteiger charge is -2.28. The van der Waals surface area contributed by atoms with Crippen molar-refractivity contribution in [3.8, 4) is 0 Å². The van der Waals surface area contributed by atoms with Crippen LogP contribution in [0.2, 0.25) is 0 Å². The van der Waals surface area contributed by atoms with Crippen molar-refractivity contribution < 1.29 is 9.76 Å². The highest BCUT2D eigenvalue weighted by Gasteiger charge is 2.13. The van der Waals surface area contributed by atoms with E-state index in [1.165, 1.54) is 12.1 Å². The number of benzene rings is 1. The van der Waals surface area contributed by atoms with E-state index < -0.39 is 0 Å². The first-order chi connectivity index (χ1) is 8.70. The van der Waals surface area contributed by atoms with Crippen LogP contribution in [0.3, 0.4) is 0 Å². The van der Waals surface area contributed by atoms with Crippen molar-refractivity contribution in [1.82, 2.24) is 5.48 Å². The summed E-state index contributed by atoms with van der Waals surface area (Å²) >= 11 is 0. The van der Waals surface area contributed by atoms with Gasteiger partial charge in [-0.25, -0.2) is 0 Å². The average Bonchev–Trinajstić information content (AvgIpc) is 2.40. The number of hydrogen-bond acceptors (Lipinski definition) is 5. The summed E-state index contributed by atoms with van der Waals surface area (Å²) < 4.78 is 0. The summed E-state index contributed by atoms with van der Waals surface area (Å²) in [5.74, 6) is 0. The zero-order valence-corrected chi connectivity index (χ0v) is 10.1. The predicted octanol–water partition coefficient (Wildman–Crippen LogP) is 1.84. The maximum atomic E-state index is 10.6. The molecule has 0 radical (unpaired) electrons. The fourth-order valence-corrected chi connectivity index (χ4v) is 1.91. The van der Waals surface area contributed by atoms with E-state index in [1.807, 2.05) is 0 Å². The van der Waals surface area contributed by atoms with Crippen molar-refractivity contribution >= 4 is 11.4 Å². The number of non-ortho nitro benzene ring substituents is 1. The topological polar surface area (TPSA) is 67.6 Å². The average molecular weight is 249 g/mol. The lowest BCUT2D eigenvalue weighted by Crippen LogP contribution is -2.31. The first-order valence-corrected chi connectivity index (χ1v) is 5.68. The summed E-state index contributed by atoms with van der Waals surface area (Å²) in [6.45, 7) is 1.63. The molecule has 0 aromatic heterocycles. The Morgan fingerprint density at radius 1 is 1.39 bits per heavy atom. The molecule has 1 aromatic carbocycles. The van der Waals surface area contributed by atoms with Crippen LogP contribution in [0.15, 0.2) is 36.0 Å². The molecule has 1 N–H and O–H groups in total. The minimum Gasteiger partial charge on any atom is -0.367 e. The number of hydroxylamine groups is 1. The first-order valence-electron chi connectivity index (χ1n) is 5.68. The molecule has 0 atom stereocenters. The number of nitrogens with one attached hydrogen (secondary N) is 1. The third kappa shape index (κ3) is 2.78. The smallest absolute Gasteiger partial charge is 0.269 e. The minimum absolute atomic E-state index is 0.119. The van der Waals surface area contributed by atoms with E-state index in [4.69, 9.17) is 4.84 Å². The summed E-state index contributed by atoms with van der Waals surface area (Å²) in [6.07, 6.45) is 2.92. The van der Waals surface area contributed by atoms with Gasteiger partial charge in [0.2, 0.25) is 0 Å². The Morgan fingerprint density at radius 2 is 2.11 bits per heavy atom. The number of nitro groups is 1. The van der Waals surface area contributed by atoms with Gasteiger partial charge in [-0.3, -0.25) is 20.4 Å². The van der Waals surface area contributed by atoms with E-state index in [9.17, 15) is 10.1 Å². The number of nitrogens with zero attached hydrogens (tertiary/aromatic N) is 2. The van der Waals surface area contributed by atoms with E-state index in [1.54, 1.807) is 19.2 Å². The van der Waals surface area contributed by atoms with Crippen LogP contribution in [0.4, 0.5) is 11.4 Å². The molecular formula is C12H15N3O3. The SMILES string of the molecule is CONC1=CCN(c2ccc([N+](=O)[O-])cc2)CC1. The van der Waals surface area contributed by atoms with Gasteiger partial charge >= 0.3 is 0 Å². The molecule has 0 bridgehead atoms. The zero-order chi connectivity index (χ0) is 13.0. The molecule has 6 nitrogen and oxygen atoms in total. The predicted molar refractivity (Wildman–Crippen MR) is 68.2 cm³/mol. The lowest BCUT2D eigenvalue weighted by atomic mass is 10.1. The zero-order valence-electron chi connectivity index (χ0n) is 10.1. The standard InChI is InChI=1S/C12H15N3O3/c1-18-13-10-6-8-14(9-7-10)11-2-4-12(5-3-11)15(16)17/h2-6,13H,7-9H2,1H3. The molecule has 18 heavy (non-hydrogen) atoms. The normalized spacial score (nSPS) is 15.2. The largest absolute Gasteiger partial charge is 0.367 e. The van der Waals surface area contributed by atoms with Crippen molar-refractivity contribution in [2.24, 2.45) is 0 Å². The van der Waals surface area contributed by atoms with Gasteiger partial charge in [-0.2, -0.15) is 0 Å². The van der Waals surface area contributed by atoms with Crippen molar-refractivity contribution in [3.05, 3.63) is 46.2 Å². The summed E-state index contributed by atoms with van der Waals surface area (Å²) in [4.78, 5) is 17.2. The third-order valence-corrected chi connectivity index (χ3v) is 2.87. The molecule has 0 aliphatic carbocycles. The van der Waals surface area contributed by atoms with Gasteiger partial charge in [-0.1, -0.05) is 0 Å². The van der Waals surface area contributed by atoms with E-state index in [0.29, 0.717) is 0 Å². The van der Waals surface area contributed by atoms with Gasteiger partial charge < -0.3 is 4.90 Å². The molecule has 0 amide bonds. The highest BCUT2D eigenvalue weighted by Crippen LogP contribution is 2.21. The van der Waals surface area contributed by atoms with Gasteiger partial charge in [-0.15, -0.1) is 0 Å². The lowest BCUT2D eigenvalue weighted by molar-refractivity contribution is -0.384. The minimum atomic E-state index is -0.388. The summed E-state index contributed by atoms with van der Waals surface area (Å²) in [5, 5.41) is 10.6. The number of rotatable bonds is 4. The molecule has 0 saturated carbocycles. The fraction of sp³-hybridized carbons (Fsp3) is 0.333. The molecule has 1 heterocycles. The molecular weight excluding hydrogens is 234 g/mol. The maximum absolute atomic E-state index is 10.6. The monoisotopic (exact) mass is 249 g/mol. The van der Waals surface area contributed by atoms with Gasteiger partial charge in [0, 0.05) is 43.0 Å². The third-order valence-electron chi connectivity index (χ3n) is 2.87. The molecule has 0 fully saturated rings. The summed E-state index contributed by atoms with van der Waals surface area (Å²) in [6, 6.07) is 6.62. The van der Waals surface area contributed by atoms with E-state index in [0.717, 1.165) is 30.9 Å². The molecule has 96 valence electrons. The van der Waals surface area contributed by atoms with Gasteiger partial charge in [0.05, 0.1) is 12.0 Å².